The number of anilines is 1. The van der Waals surface area contributed by atoms with Crippen molar-refractivity contribution >= 4 is 5.69 Å². The summed E-state index contributed by atoms with van der Waals surface area (Å²) in [5.74, 6) is 0.647. The van der Waals surface area contributed by atoms with Crippen molar-refractivity contribution in [1.82, 2.24) is 4.98 Å². The van der Waals surface area contributed by atoms with E-state index in [0.29, 0.717) is 11.6 Å². The Balaban J connectivity index is 0.000000179. The highest BCUT2D eigenvalue weighted by molar-refractivity contribution is 5.39. The van der Waals surface area contributed by atoms with Gasteiger partial charge in [0, 0.05) is 6.20 Å². The number of rotatable bonds is 1. The van der Waals surface area contributed by atoms with E-state index in [9.17, 15) is 4.79 Å². The second-order valence-corrected chi connectivity index (χ2v) is 4.41. The van der Waals surface area contributed by atoms with Gasteiger partial charge in [-0.05, 0) is 30.4 Å². The molecular weight excluding hydrogens is 188 g/mol. The quantitative estimate of drug-likeness (QED) is 0.741. The fourth-order valence-corrected chi connectivity index (χ4v) is 1.42. The molecule has 2 aliphatic carbocycles. The summed E-state index contributed by atoms with van der Waals surface area (Å²) in [5, 5.41) is 0. The Morgan fingerprint density at radius 2 is 1.80 bits per heavy atom. The minimum atomic E-state index is -0.186. The molecule has 3 rings (SSSR count). The Bertz CT molecular complexity index is 371. The van der Waals surface area contributed by atoms with Gasteiger partial charge in [0.1, 0.15) is 0 Å². The van der Waals surface area contributed by atoms with Crippen LogP contribution in [-0.4, -0.2) is 4.98 Å². The van der Waals surface area contributed by atoms with E-state index in [4.69, 9.17) is 5.73 Å². The second kappa shape index (κ2) is 4.51. The van der Waals surface area contributed by atoms with E-state index < -0.39 is 0 Å². The van der Waals surface area contributed by atoms with Crippen LogP contribution in [0.15, 0.2) is 17.1 Å². The zero-order valence-corrected chi connectivity index (χ0v) is 8.96. The van der Waals surface area contributed by atoms with E-state index >= 15 is 0 Å². The first kappa shape index (κ1) is 10.3. The van der Waals surface area contributed by atoms with Crippen LogP contribution >= 0.6 is 0 Å². The lowest BCUT2D eigenvalue weighted by Crippen LogP contribution is -2.11. The molecular formula is C12H18N2O. The Morgan fingerprint density at radius 1 is 1.20 bits per heavy atom. The number of aromatic amines is 1. The summed E-state index contributed by atoms with van der Waals surface area (Å²) >= 11 is 0. The number of nitrogen functional groups attached to an aromatic ring is 1. The van der Waals surface area contributed by atoms with Gasteiger partial charge in [0.2, 0.25) is 0 Å². The molecule has 2 aliphatic rings. The molecule has 1 heterocycles. The molecule has 0 radical (unpaired) electrons. The second-order valence-electron chi connectivity index (χ2n) is 4.41. The summed E-state index contributed by atoms with van der Waals surface area (Å²) in [6, 6.07) is 1.77. The average Bonchev–Trinajstić information content (AvgIpc) is 2.89. The number of nitrogens with one attached hydrogen (secondary N) is 1. The Labute approximate surface area is 89.7 Å². The maximum atomic E-state index is 10.8. The smallest absolute Gasteiger partial charge is 0.271 e. The van der Waals surface area contributed by atoms with Crippen LogP contribution in [-0.2, 0) is 0 Å². The van der Waals surface area contributed by atoms with Crippen LogP contribution in [0, 0.1) is 0 Å². The van der Waals surface area contributed by atoms with Crippen LogP contribution < -0.4 is 11.3 Å². The first-order chi connectivity index (χ1) is 7.27. The van der Waals surface area contributed by atoms with Gasteiger partial charge in [-0.1, -0.05) is 25.7 Å². The number of pyridine rings is 1. The largest absolute Gasteiger partial charge is 0.394 e. The summed E-state index contributed by atoms with van der Waals surface area (Å²) in [6.07, 6.45) is 10.2. The third-order valence-corrected chi connectivity index (χ3v) is 3.00. The van der Waals surface area contributed by atoms with Gasteiger partial charge in [-0.2, -0.15) is 0 Å². The SMILES string of the molecule is C1CCC1.Nc1cc(C2CC2)c[nH]c1=O. The van der Waals surface area contributed by atoms with Crippen molar-refractivity contribution in [3.8, 4) is 0 Å². The molecule has 0 spiro atoms. The van der Waals surface area contributed by atoms with Gasteiger partial charge in [-0.3, -0.25) is 4.79 Å². The third-order valence-electron chi connectivity index (χ3n) is 3.00. The van der Waals surface area contributed by atoms with Crippen molar-refractivity contribution in [3.05, 3.63) is 28.2 Å². The van der Waals surface area contributed by atoms with Crippen LogP contribution in [0.25, 0.3) is 0 Å². The molecule has 82 valence electrons. The molecule has 0 bridgehead atoms. The minimum absolute atomic E-state index is 0.186. The van der Waals surface area contributed by atoms with Crippen molar-refractivity contribution in [1.29, 1.82) is 0 Å². The lowest BCUT2D eigenvalue weighted by molar-refractivity contribution is 0.504. The van der Waals surface area contributed by atoms with Gasteiger partial charge < -0.3 is 10.7 Å². The highest BCUT2D eigenvalue weighted by Crippen LogP contribution is 2.39. The van der Waals surface area contributed by atoms with E-state index in [-0.39, 0.29) is 5.56 Å². The molecule has 15 heavy (non-hydrogen) atoms. The fraction of sp³-hybridized carbons (Fsp3) is 0.583. The predicted molar refractivity (Wildman–Crippen MR) is 61.9 cm³/mol. The first-order valence-corrected chi connectivity index (χ1v) is 5.75. The zero-order valence-electron chi connectivity index (χ0n) is 8.96. The van der Waals surface area contributed by atoms with Crippen molar-refractivity contribution < 1.29 is 0 Å². The highest BCUT2D eigenvalue weighted by Gasteiger charge is 2.23. The molecule has 3 heteroatoms. The van der Waals surface area contributed by atoms with E-state index in [0.717, 1.165) is 0 Å². The van der Waals surface area contributed by atoms with E-state index in [1.54, 1.807) is 12.3 Å². The van der Waals surface area contributed by atoms with Crippen LogP contribution in [0.3, 0.4) is 0 Å². The van der Waals surface area contributed by atoms with Gasteiger partial charge in [0.25, 0.3) is 5.56 Å². The van der Waals surface area contributed by atoms with Crippen molar-refractivity contribution in [2.75, 3.05) is 5.73 Å². The molecule has 1 aromatic rings. The minimum Gasteiger partial charge on any atom is -0.394 e. The molecule has 0 atom stereocenters. The summed E-state index contributed by atoms with van der Waals surface area (Å²) in [7, 11) is 0. The van der Waals surface area contributed by atoms with Gasteiger partial charge in [0.05, 0.1) is 5.69 Å². The lowest BCUT2D eigenvalue weighted by atomic mass is 10.0. The Kier molecular flexibility index (Phi) is 3.09. The van der Waals surface area contributed by atoms with Gasteiger partial charge in [0.15, 0.2) is 0 Å². The standard InChI is InChI=1S/C8H10N2O.C4H8/c9-7-3-6(5-1-2-5)4-10-8(7)11;1-2-4-3-1/h3-5H,1-2,9H2,(H,10,11);1-4H2. The number of nitrogens with two attached hydrogens (primary N) is 1. The van der Waals surface area contributed by atoms with E-state index in [1.165, 1.54) is 44.1 Å². The molecule has 3 N–H and O–H groups in total. The van der Waals surface area contributed by atoms with Gasteiger partial charge in [-0.25, -0.2) is 0 Å². The maximum absolute atomic E-state index is 10.8. The molecule has 1 aromatic heterocycles. The number of hydrogen-bond donors (Lipinski definition) is 2. The van der Waals surface area contributed by atoms with Gasteiger partial charge >= 0.3 is 0 Å². The van der Waals surface area contributed by atoms with Crippen molar-refractivity contribution in [2.45, 2.75) is 44.4 Å². The number of H-pyrrole nitrogens is 1. The summed E-state index contributed by atoms with van der Waals surface area (Å²) in [4.78, 5) is 13.4. The molecule has 3 nitrogen and oxygen atoms in total. The lowest BCUT2D eigenvalue weighted by Gasteiger charge is -2.05. The topological polar surface area (TPSA) is 58.9 Å². The summed E-state index contributed by atoms with van der Waals surface area (Å²) < 4.78 is 0. The van der Waals surface area contributed by atoms with Crippen LogP contribution in [0.4, 0.5) is 5.69 Å². The predicted octanol–water partition coefficient (Wildman–Crippen LogP) is 2.39. The van der Waals surface area contributed by atoms with Gasteiger partial charge in [-0.15, -0.1) is 0 Å². The normalized spacial score (nSPS) is 18.7. The highest BCUT2D eigenvalue weighted by atomic mass is 16.1. The first-order valence-electron chi connectivity index (χ1n) is 5.75. The Morgan fingerprint density at radius 3 is 2.20 bits per heavy atom. The monoisotopic (exact) mass is 206 g/mol. The molecule has 2 fully saturated rings. The summed E-state index contributed by atoms with van der Waals surface area (Å²) in [5.41, 5.74) is 6.75. The summed E-state index contributed by atoms with van der Waals surface area (Å²) in [6.45, 7) is 0. The van der Waals surface area contributed by atoms with Crippen molar-refractivity contribution in [3.63, 3.8) is 0 Å². The van der Waals surface area contributed by atoms with E-state index in [2.05, 4.69) is 4.98 Å². The van der Waals surface area contributed by atoms with Crippen molar-refractivity contribution in [2.24, 2.45) is 0 Å². The molecule has 0 saturated heterocycles. The molecule has 2 saturated carbocycles. The maximum Gasteiger partial charge on any atom is 0.271 e. The molecule has 0 aromatic carbocycles. The molecule has 0 amide bonds. The van der Waals surface area contributed by atoms with E-state index in [1.807, 2.05) is 0 Å². The Hall–Kier alpha value is -1.25. The average molecular weight is 206 g/mol. The molecule has 0 unspecified atom stereocenters. The third kappa shape index (κ3) is 2.85. The molecule has 0 aliphatic heterocycles. The zero-order chi connectivity index (χ0) is 10.7. The van der Waals surface area contributed by atoms with Crippen LogP contribution in [0.2, 0.25) is 0 Å². The number of hydrogen-bond acceptors (Lipinski definition) is 2. The van der Waals surface area contributed by atoms with Crippen LogP contribution in [0.1, 0.15) is 50.0 Å². The fourth-order valence-electron chi connectivity index (χ4n) is 1.42. The van der Waals surface area contributed by atoms with Crippen LogP contribution in [0.5, 0.6) is 0 Å². The number of aromatic nitrogens is 1.